The minimum Gasteiger partial charge on any atom is -0.344 e. The summed E-state index contributed by atoms with van der Waals surface area (Å²) >= 11 is 0. The van der Waals surface area contributed by atoms with E-state index in [0.29, 0.717) is 0 Å². The van der Waals surface area contributed by atoms with Crippen LogP contribution in [0.15, 0.2) is 47.5 Å². The van der Waals surface area contributed by atoms with Crippen molar-refractivity contribution in [2.24, 2.45) is 4.99 Å². The van der Waals surface area contributed by atoms with E-state index in [9.17, 15) is 0 Å². The predicted octanol–water partition coefficient (Wildman–Crippen LogP) is 4.77. The molecule has 0 spiro atoms. The predicted molar refractivity (Wildman–Crippen MR) is 83.5 cm³/mol. The Labute approximate surface area is 115 Å². The normalized spacial score (nSPS) is 11.5. The minimum absolute atomic E-state index is 0.906. The van der Waals surface area contributed by atoms with Crippen LogP contribution in [0.1, 0.15) is 23.6 Å². The van der Waals surface area contributed by atoms with Gasteiger partial charge in [0.05, 0.1) is 5.69 Å². The fourth-order valence-corrected chi connectivity index (χ4v) is 1.97. The fourth-order valence-electron chi connectivity index (χ4n) is 1.97. The number of anilines is 1. The third kappa shape index (κ3) is 3.22. The van der Waals surface area contributed by atoms with Crippen LogP contribution in [0, 0.1) is 20.8 Å². The Kier molecular flexibility index (Phi) is 4.00. The van der Waals surface area contributed by atoms with E-state index < -0.39 is 0 Å². The van der Waals surface area contributed by atoms with E-state index in [1.807, 2.05) is 31.2 Å². The van der Waals surface area contributed by atoms with Crippen molar-refractivity contribution in [1.29, 1.82) is 0 Å². The Balaban J connectivity index is 2.25. The molecule has 0 saturated heterocycles. The molecule has 0 aromatic heterocycles. The number of aryl methyl sites for hydroxylation is 2. The van der Waals surface area contributed by atoms with Gasteiger partial charge in [0.25, 0.3) is 0 Å². The molecule has 2 rings (SSSR count). The van der Waals surface area contributed by atoms with Crippen molar-refractivity contribution in [1.82, 2.24) is 0 Å². The molecule has 2 nitrogen and oxygen atoms in total. The maximum atomic E-state index is 4.66. The monoisotopic (exact) mass is 252 g/mol. The van der Waals surface area contributed by atoms with E-state index in [0.717, 1.165) is 17.2 Å². The van der Waals surface area contributed by atoms with Crippen LogP contribution >= 0.6 is 0 Å². The van der Waals surface area contributed by atoms with E-state index in [-0.39, 0.29) is 0 Å². The van der Waals surface area contributed by atoms with Crippen LogP contribution in [0.4, 0.5) is 11.4 Å². The van der Waals surface area contributed by atoms with Crippen molar-refractivity contribution in [2.75, 3.05) is 5.32 Å². The first kappa shape index (κ1) is 13.3. The van der Waals surface area contributed by atoms with Gasteiger partial charge < -0.3 is 5.32 Å². The maximum absolute atomic E-state index is 4.66. The van der Waals surface area contributed by atoms with Crippen molar-refractivity contribution in [2.45, 2.75) is 27.7 Å². The number of nitrogens with one attached hydrogen (secondary N) is 1. The van der Waals surface area contributed by atoms with Gasteiger partial charge in [-0.3, -0.25) is 0 Å². The van der Waals surface area contributed by atoms with Gasteiger partial charge in [0, 0.05) is 5.69 Å². The summed E-state index contributed by atoms with van der Waals surface area (Å²) in [5.74, 6) is 0.906. The van der Waals surface area contributed by atoms with Crippen molar-refractivity contribution >= 4 is 17.2 Å². The molecule has 0 aliphatic carbocycles. The minimum atomic E-state index is 0.906. The Bertz CT molecular complexity index is 612. The summed E-state index contributed by atoms with van der Waals surface area (Å²) < 4.78 is 0. The SMILES string of the molecule is CC(=Nc1cccc(C)c1C)Nc1ccccc1C. The lowest BCUT2D eigenvalue weighted by Gasteiger charge is -2.10. The van der Waals surface area contributed by atoms with Crippen molar-refractivity contribution in [3.8, 4) is 0 Å². The molecular formula is C17H20N2. The second kappa shape index (κ2) is 5.70. The zero-order valence-corrected chi connectivity index (χ0v) is 12.0. The van der Waals surface area contributed by atoms with E-state index >= 15 is 0 Å². The Hall–Kier alpha value is -2.09. The summed E-state index contributed by atoms with van der Waals surface area (Å²) in [7, 11) is 0. The number of benzene rings is 2. The standard InChI is InChI=1S/C17H20N2/c1-12-9-7-11-17(14(12)3)19-15(4)18-16-10-6-5-8-13(16)2/h5-11H,1-4H3,(H,18,19). The van der Waals surface area contributed by atoms with Gasteiger partial charge in [-0.15, -0.1) is 0 Å². The molecule has 0 unspecified atom stereocenters. The molecule has 0 saturated carbocycles. The summed E-state index contributed by atoms with van der Waals surface area (Å²) in [4.78, 5) is 4.66. The van der Waals surface area contributed by atoms with Crippen molar-refractivity contribution in [3.05, 3.63) is 59.2 Å². The zero-order chi connectivity index (χ0) is 13.8. The summed E-state index contributed by atoms with van der Waals surface area (Å²) in [5, 5.41) is 3.36. The lowest BCUT2D eigenvalue weighted by molar-refractivity contribution is 1.30. The van der Waals surface area contributed by atoms with Gasteiger partial charge in [0.1, 0.15) is 5.84 Å². The highest BCUT2D eigenvalue weighted by Crippen LogP contribution is 2.22. The molecule has 0 amide bonds. The van der Waals surface area contributed by atoms with Gasteiger partial charge in [0.2, 0.25) is 0 Å². The topological polar surface area (TPSA) is 24.4 Å². The smallest absolute Gasteiger partial charge is 0.103 e. The van der Waals surface area contributed by atoms with Gasteiger partial charge in [-0.1, -0.05) is 30.3 Å². The third-order valence-electron chi connectivity index (χ3n) is 3.32. The van der Waals surface area contributed by atoms with E-state index in [2.05, 4.69) is 49.3 Å². The second-order valence-electron chi connectivity index (χ2n) is 4.86. The lowest BCUT2D eigenvalue weighted by atomic mass is 10.1. The van der Waals surface area contributed by atoms with Crippen LogP contribution in [0.2, 0.25) is 0 Å². The molecule has 0 heterocycles. The molecule has 2 aromatic carbocycles. The largest absolute Gasteiger partial charge is 0.344 e. The molecule has 0 bridgehead atoms. The average Bonchev–Trinajstić information content (AvgIpc) is 2.38. The summed E-state index contributed by atoms with van der Waals surface area (Å²) in [6.07, 6.45) is 0. The number of hydrogen-bond acceptors (Lipinski definition) is 1. The van der Waals surface area contributed by atoms with Crippen LogP contribution < -0.4 is 5.32 Å². The fraction of sp³-hybridized carbons (Fsp3) is 0.235. The zero-order valence-electron chi connectivity index (χ0n) is 12.0. The molecule has 0 aliphatic rings. The van der Waals surface area contributed by atoms with Crippen LogP contribution in [0.25, 0.3) is 0 Å². The average molecular weight is 252 g/mol. The number of hydrogen-bond donors (Lipinski definition) is 1. The number of aliphatic imine (C=N–C) groups is 1. The molecule has 0 fully saturated rings. The molecule has 0 aliphatic heterocycles. The first-order valence-corrected chi connectivity index (χ1v) is 6.52. The van der Waals surface area contributed by atoms with Crippen LogP contribution in [0.3, 0.4) is 0 Å². The molecular weight excluding hydrogens is 232 g/mol. The van der Waals surface area contributed by atoms with Gasteiger partial charge in [-0.05, 0) is 56.5 Å². The van der Waals surface area contributed by atoms with E-state index in [1.165, 1.54) is 16.7 Å². The first-order chi connectivity index (χ1) is 9.08. The molecule has 0 radical (unpaired) electrons. The second-order valence-corrected chi connectivity index (χ2v) is 4.86. The summed E-state index contributed by atoms with van der Waals surface area (Å²) in [5.41, 5.74) is 5.85. The van der Waals surface area contributed by atoms with Crippen LogP contribution in [-0.4, -0.2) is 5.84 Å². The Morgan fingerprint density at radius 3 is 2.32 bits per heavy atom. The van der Waals surface area contributed by atoms with Gasteiger partial charge in [0.15, 0.2) is 0 Å². The third-order valence-corrected chi connectivity index (χ3v) is 3.32. The number of nitrogens with zero attached hydrogens (tertiary/aromatic N) is 1. The first-order valence-electron chi connectivity index (χ1n) is 6.52. The highest BCUT2D eigenvalue weighted by molar-refractivity contribution is 5.96. The lowest BCUT2D eigenvalue weighted by Crippen LogP contribution is -2.07. The molecule has 2 heteroatoms. The van der Waals surface area contributed by atoms with Crippen LogP contribution in [-0.2, 0) is 0 Å². The highest BCUT2D eigenvalue weighted by Gasteiger charge is 2.01. The van der Waals surface area contributed by atoms with E-state index in [1.54, 1.807) is 0 Å². The number of para-hydroxylation sites is 1. The molecule has 0 atom stereocenters. The Morgan fingerprint density at radius 1 is 0.895 bits per heavy atom. The van der Waals surface area contributed by atoms with Gasteiger partial charge >= 0.3 is 0 Å². The number of rotatable bonds is 2. The van der Waals surface area contributed by atoms with Gasteiger partial charge in [-0.25, -0.2) is 4.99 Å². The molecule has 1 N–H and O–H groups in total. The van der Waals surface area contributed by atoms with E-state index in [4.69, 9.17) is 0 Å². The van der Waals surface area contributed by atoms with Crippen LogP contribution in [0.5, 0.6) is 0 Å². The highest BCUT2D eigenvalue weighted by atomic mass is 15.0. The van der Waals surface area contributed by atoms with Gasteiger partial charge in [-0.2, -0.15) is 0 Å². The van der Waals surface area contributed by atoms with Crippen molar-refractivity contribution < 1.29 is 0 Å². The maximum Gasteiger partial charge on any atom is 0.103 e. The number of amidine groups is 1. The summed E-state index contributed by atoms with van der Waals surface area (Å²) in [6.45, 7) is 8.30. The van der Waals surface area contributed by atoms with Crippen molar-refractivity contribution in [3.63, 3.8) is 0 Å². The quantitative estimate of drug-likeness (QED) is 0.604. The molecule has 2 aromatic rings. The molecule has 19 heavy (non-hydrogen) atoms. The Morgan fingerprint density at radius 2 is 1.58 bits per heavy atom. The summed E-state index contributed by atoms with van der Waals surface area (Å²) in [6, 6.07) is 14.4. The molecule has 98 valence electrons.